The van der Waals surface area contributed by atoms with Gasteiger partial charge in [-0.2, -0.15) is 0 Å². The zero-order valence-electron chi connectivity index (χ0n) is 16.5. The van der Waals surface area contributed by atoms with Crippen LogP contribution in [-0.2, 0) is 6.54 Å². The van der Waals surface area contributed by atoms with E-state index < -0.39 is 0 Å². The first-order valence-corrected chi connectivity index (χ1v) is 9.83. The molecule has 2 aromatic carbocycles. The quantitative estimate of drug-likeness (QED) is 0.536. The Morgan fingerprint density at radius 2 is 1.93 bits per heavy atom. The summed E-state index contributed by atoms with van der Waals surface area (Å²) in [5.41, 5.74) is 4.06. The minimum absolute atomic E-state index is 0.0160. The third kappa shape index (κ3) is 5.19. The van der Waals surface area contributed by atoms with Crippen molar-refractivity contribution in [2.24, 2.45) is 0 Å². The molecule has 0 saturated carbocycles. The molecule has 3 aromatic rings. The van der Waals surface area contributed by atoms with E-state index in [1.165, 1.54) is 12.1 Å². The van der Waals surface area contributed by atoms with E-state index in [0.717, 1.165) is 22.0 Å². The molecule has 7 heteroatoms. The summed E-state index contributed by atoms with van der Waals surface area (Å²) in [5.74, 6) is -0.327. The fraction of sp³-hybridized carbons (Fsp3) is 0.273. The molecule has 3 N–H and O–H groups in total. The van der Waals surface area contributed by atoms with Gasteiger partial charge in [-0.3, -0.25) is 4.79 Å². The van der Waals surface area contributed by atoms with Gasteiger partial charge < -0.3 is 20.3 Å². The van der Waals surface area contributed by atoms with Crippen LogP contribution in [0.1, 0.15) is 23.1 Å². The number of thiocarbonyl (C=S) groups is 1. The van der Waals surface area contributed by atoms with Crippen LogP contribution < -0.4 is 10.9 Å². The highest BCUT2D eigenvalue weighted by molar-refractivity contribution is 7.80. The average Bonchev–Trinajstić information content (AvgIpc) is 2.67. The summed E-state index contributed by atoms with van der Waals surface area (Å²) >= 11 is 5.51. The van der Waals surface area contributed by atoms with Gasteiger partial charge in [0.15, 0.2) is 5.11 Å². The first-order valence-electron chi connectivity index (χ1n) is 9.43. The highest BCUT2D eigenvalue weighted by atomic mass is 32.1. The summed E-state index contributed by atoms with van der Waals surface area (Å²) in [7, 11) is 0. The van der Waals surface area contributed by atoms with E-state index in [2.05, 4.69) is 10.3 Å². The first kappa shape index (κ1) is 21.0. The minimum atomic E-state index is -0.327. The van der Waals surface area contributed by atoms with E-state index >= 15 is 0 Å². The predicted octanol–water partition coefficient (Wildman–Crippen LogP) is 3.87. The van der Waals surface area contributed by atoms with Crippen LogP contribution in [0.5, 0.6) is 0 Å². The average molecular weight is 414 g/mol. The number of pyridine rings is 1. The molecule has 0 saturated heterocycles. The van der Waals surface area contributed by atoms with E-state index in [1.54, 1.807) is 12.1 Å². The number of aliphatic hydroxyl groups excluding tert-OH is 1. The number of hydrogen-bond donors (Lipinski definition) is 3. The van der Waals surface area contributed by atoms with Crippen LogP contribution >= 0.6 is 12.2 Å². The van der Waals surface area contributed by atoms with Gasteiger partial charge in [0.25, 0.3) is 5.56 Å². The van der Waals surface area contributed by atoms with Crippen molar-refractivity contribution in [3.8, 4) is 0 Å². The summed E-state index contributed by atoms with van der Waals surface area (Å²) in [6.45, 7) is 4.79. The van der Waals surface area contributed by atoms with Crippen LogP contribution in [-0.4, -0.2) is 33.3 Å². The standard InChI is InChI=1S/C22H24FN3O2S/c1-14-10-15(2)20-16(11-14)12-17(21(28)25-20)13-26(8-3-9-27)22(29)24-19-6-4-18(23)5-7-19/h4-7,10-12,27H,3,8-9,13H2,1-2H3,(H,24,29)(H,25,28). The molecule has 29 heavy (non-hydrogen) atoms. The maximum absolute atomic E-state index is 13.1. The van der Waals surface area contributed by atoms with Gasteiger partial charge in [-0.15, -0.1) is 0 Å². The number of nitrogens with zero attached hydrogens (tertiary/aromatic N) is 1. The van der Waals surface area contributed by atoms with Crippen molar-refractivity contribution in [1.82, 2.24) is 9.88 Å². The summed E-state index contributed by atoms with van der Waals surface area (Å²) < 4.78 is 13.1. The minimum Gasteiger partial charge on any atom is -0.396 e. The molecular weight excluding hydrogens is 389 g/mol. The van der Waals surface area contributed by atoms with Crippen LogP contribution in [0.4, 0.5) is 10.1 Å². The van der Waals surface area contributed by atoms with Gasteiger partial charge in [0.05, 0.1) is 12.1 Å². The maximum atomic E-state index is 13.1. The molecule has 1 heterocycles. The molecule has 1 aromatic heterocycles. The lowest BCUT2D eigenvalue weighted by Crippen LogP contribution is -2.37. The zero-order chi connectivity index (χ0) is 21.0. The van der Waals surface area contributed by atoms with Crippen molar-refractivity contribution < 1.29 is 9.50 Å². The summed E-state index contributed by atoms with van der Waals surface area (Å²) in [6.07, 6.45) is 0.509. The highest BCUT2D eigenvalue weighted by Crippen LogP contribution is 2.19. The van der Waals surface area contributed by atoms with E-state index in [1.807, 2.05) is 36.9 Å². The Kier molecular flexibility index (Phi) is 6.61. The van der Waals surface area contributed by atoms with Gasteiger partial charge in [0, 0.05) is 24.4 Å². The van der Waals surface area contributed by atoms with Gasteiger partial charge in [-0.25, -0.2) is 4.39 Å². The molecule has 0 aliphatic carbocycles. The number of aromatic amines is 1. The monoisotopic (exact) mass is 413 g/mol. The maximum Gasteiger partial charge on any atom is 0.253 e. The lowest BCUT2D eigenvalue weighted by molar-refractivity contribution is 0.266. The van der Waals surface area contributed by atoms with Crippen LogP contribution in [0.2, 0.25) is 0 Å². The van der Waals surface area contributed by atoms with Crippen molar-refractivity contribution >= 4 is 33.9 Å². The van der Waals surface area contributed by atoms with Crippen LogP contribution in [0.3, 0.4) is 0 Å². The number of halogens is 1. The number of H-pyrrole nitrogens is 1. The zero-order valence-corrected chi connectivity index (χ0v) is 17.3. The number of nitrogens with one attached hydrogen (secondary N) is 2. The van der Waals surface area contributed by atoms with Gasteiger partial charge >= 0.3 is 0 Å². The number of aryl methyl sites for hydroxylation is 2. The van der Waals surface area contributed by atoms with Crippen molar-refractivity contribution in [2.45, 2.75) is 26.8 Å². The Morgan fingerprint density at radius 1 is 1.21 bits per heavy atom. The molecule has 0 unspecified atom stereocenters. The van der Waals surface area contributed by atoms with Crippen molar-refractivity contribution in [2.75, 3.05) is 18.5 Å². The second kappa shape index (κ2) is 9.15. The summed E-state index contributed by atoms with van der Waals surface area (Å²) in [5, 5.41) is 13.7. The number of benzene rings is 2. The number of anilines is 1. The number of aromatic nitrogens is 1. The Labute approximate surface area is 174 Å². The number of rotatable bonds is 6. The molecular formula is C22H24FN3O2S. The number of fused-ring (bicyclic) bond motifs is 1. The lowest BCUT2D eigenvalue weighted by atomic mass is 10.1. The second-order valence-electron chi connectivity index (χ2n) is 7.11. The Balaban J connectivity index is 1.87. The second-order valence-corrected chi connectivity index (χ2v) is 7.49. The summed E-state index contributed by atoms with van der Waals surface area (Å²) in [4.78, 5) is 17.5. The molecule has 0 aliphatic rings. The van der Waals surface area contributed by atoms with Crippen molar-refractivity contribution in [3.05, 3.63) is 75.3 Å². The van der Waals surface area contributed by atoms with E-state index in [0.29, 0.717) is 35.9 Å². The fourth-order valence-electron chi connectivity index (χ4n) is 3.30. The molecule has 0 atom stereocenters. The van der Waals surface area contributed by atoms with Crippen LogP contribution in [0, 0.1) is 19.7 Å². The van der Waals surface area contributed by atoms with Gasteiger partial charge in [-0.05, 0) is 79.8 Å². The van der Waals surface area contributed by atoms with E-state index in [4.69, 9.17) is 12.2 Å². The molecule has 0 fully saturated rings. The molecule has 5 nitrogen and oxygen atoms in total. The lowest BCUT2D eigenvalue weighted by Gasteiger charge is -2.25. The molecule has 0 amide bonds. The molecule has 0 spiro atoms. The SMILES string of the molecule is Cc1cc(C)c2[nH]c(=O)c(CN(CCCO)C(=S)Nc3ccc(F)cc3)cc2c1. The van der Waals surface area contributed by atoms with Gasteiger partial charge in [0.2, 0.25) is 0 Å². The Morgan fingerprint density at radius 3 is 2.62 bits per heavy atom. The molecule has 3 rings (SSSR count). The fourth-order valence-corrected chi connectivity index (χ4v) is 3.58. The third-order valence-electron chi connectivity index (χ3n) is 4.70. The van der Waals surface area contributed by atoms with E-state index in [-0.39, 0.29) is 18.0 Å². The van der Waals surface area contributed by atoms with E-state index in [9.17, 15) is 14.3 Å². The van der Waals surface area contributed by atoms with Crippen molar-refractivity contribution in [1.29, 1.82) is 0 Å². The van der Waals surface area contributed by atoms with Crippen molar-refractivity contribution in [3.63, 3.8) is 0 Å². The predicted molar refractivity (Wildman–Crippen MR) is 119 cm³/mol. The van der Waals surface area contributed by atoms with Gasteiger partial charge in [0.1, 0.15) is 5.82 Å². The highest BCUT2D eigenvalue weighted by Gasteiger charge is 2.14. The largest absolute Gasteiger partial charge is 0.396 e. The molecule has 152 valence electrons. The molecule has 0 radical (unpaired) electrons. The molecule has 0 bridgehead atoms. The Bertz CT molecular complexity index is 1080. The summed E-state index contributed by atoms with van der Waals surface area (Å²) in [6, 6.07) is 11.9. The van der Waals surface area contributed by atoms with Gasteiger partial charge in [-0.1, -0.05) is 11.6 Å². The third-order valence-corrected chi connectivity index (χ3v) is 5.06. The topological polar surface area (TPSA) is 68.4 Å². The Hall–Kier alpha value is -2.77. The normalized spacial score (nSPS) is 10.9. The smallest absolute Gasteiger partial charge is 0.253 e. The van der Waals surface area contributed by atoms with Crippen LogP contribution in [0.25, 0.3) is 10.9 Å². The number of hydrogen-bond acceptors (Lipinski definition) is 3. The number of aliphatic hydroxyl groups is 1. The van der Waals surface area contributed by atoms with Crippen LogP contribution in [0.15, 0.2) is 47.3 Å². The first-order chi connectivity index (χ1) is 13.9. The molecule has 0 aliphatic heterocycles.